The zero-order chi connectivity index (χ0) is 15.2. The Labute approximate surface area is 123 Å². The van der Waals surface area contributed by atoms with Crippen LogP contribution in [0.4, 0.5) is 0 Å². The number of hydrogen-bond donors (Lipinski definition) is 1. The molecule has 1 atom stereocenters. The van der Waals surface area contributed by atoms with Crippen LogP contribution in [0.2, 0.25) is 0 Å². The summed E-state index contributed by atoms with van der Waals surface area (Å²) in [5.41, 5.74) is 2.57. The fraction of sp³-hybridized carbons (Fsp3) is 0.556. The minimum atomic E-state index is 0.124. The molecule has 0 fully saturated rings. The first-order chi connectivity index (χ1) is 9.34. The quantitative estimate of drug-likeness (QED) is 0.851. The molecule has 1 aromatic carbocycles. The predicted molar refractivity (Wildman–Crippen MR) is 85.4 cm³/mol. The highest BCUT2D eigenvalue weighted by molar-refractivity contribution is 5.37. The van der Waals surface area contributed by atoms with Crippen molar-refractivity contribution in [3.63, 3.8) is 0 Å². The van der Waals surface area contributed by atoms with Crippen molar-refractivity contribution >= 4 is 0 Å². The molecule has 0 aliphatic heterocycles. The van der Waals surface area contributed by atoms with Gasteiger partial charge in [-0.05, 0) is 37.1 Å². The molecule has 20 heavy (non-hydrogen) atoms. The van der Waals surface area contributed by atoms with Crippen LogP contribution in [-0.4, -0.2) is 29.7 Å². The number of nitrogens with zero attached hydrogens (tertiary/aromatic N) is 1. The molecule has 0 aliphatic carbocycles. The number of hydrogen-bond acceptors (Lipinski definition) is 2. The summed E-state index contributed by atoms with van der Waals surface area (Å²) >= 11 is 0. The second kappa shape index (κ2) is 7.47. The van der Waals surface area contributed by atoms with Crippen LogP contribution in [0, 0.1) is 17.3 Å². The van der Waals surface area contributed by atoms with Gasteiger partial charge in [0, 0.05) is 24.6 Å². The van der Waals surface area contributed by atoms with Crippen molar-refractivity contribution in [2.75, 3.05) is 13.7 Å². The van der Waals surface area contributed by atoms with Crippen LogP contribution in [0.25, 0.3) is 0 Å². The Morgan fingerprint density at radius 3 is 2.60 bits per heavy atom. The molecule has 0 amide bonds. The van der Waals surface area contributed by atoms with Gasteiger partial charge in [0.15, 0.2) is 0 Å². The number of aliphatic hydroxyl groups is 1. The highest BCUT2D eigenvalue weighted by Crippen LogP contribution is 2.24. The van der Waals surface area contributed by atoms with Crippen LogP contribution in [-0.2, 0) is 6.54 Å². The Bertz CT molecular complexity index is 476. The Kier molecular flexibility index (Phi) is 6.26. The van der Waals surface area contributed by atoms with Gasteiger partial charge in [0.05, 0.1) is 6.61 Å². The molecular weight excluding hydrogens is 246 g/mol. The lowest BCUT2D eigenvalue weighted by atomic mass is 9.87. The lowest BCUT2D eigenvalue weighted by Gasteiger charge is -2.35. The minimum absolute atomic E-state index is 0.124. The molecule has 1 unspecified atom stereocenters. The van der Waals surface area contributed by atoms with Crippen molar-refractivity contribution in [2.45, 2.75) is 46.7 Å². The third-order valence-electron chi connectivity index (χ3n) is 3.74. The van der Waals surface area contributed by atoms with E-state index in [0.717, 1.165) is 12.1 Å². The van der Waals surface area contributed by atoms with Gasteiger partial charge in [-0.1, -0.05) is 44.7 Å². The summed E-state index contributed by atoms with van der Waals surface area (Å²) in [6.07, 6.45) is 0.533. The van der Waals surface area contributed by atoms with Gasteiger partial charge < -0.3 is 5.11 Å². The number of rotatable bonds is 4. The van der Waals surface area contributed by atoms with Crippen LogP contribution in [0.5, 0.6) is 0 Å². The Morgan fingerprint density at radius 2 is 2.00 bits per heavy atom. The van der Waals surface area contributed by atoms with Crippen molar-refractivity contribution in [1.29, 1.82) is 0 Å². The molecule has 0 bridgehead atoms. The van der Waals surface area contributed by atoms with E-state index in [-0.39, 0.29) is 12.0 Å². The molecule has 0 radical (unpaired) electrons. The number of aliphatic hydroxyl groups excluding tert-OH is 1. The van der Waals surface area contributed by atoms with Gasteiger partial charge in [-0.2, -0.15) is 0 Å². The zero-order valence-electron chi connectivity index (χ0n) is 13.4. The van der Waals surface area contributed by atoms with Gasteiger partial charge in [0.1, 0.15) is 0 Å². The van der Waals surface area contributed by atoms with E-state index in [1.807, 2.05) is 12.1 Å². The largest absolute Gasteiger partial charge is 0.395 e. The van der Waals surface area contributed by atoms with Crippen LogP contribution in [0.15, 0.2) is 24.3 Å². The molecule has 0 saturated heterocycles. The summed E-state index contributed by atoms with van der Waals surface area (Å²) in [7, 11) is 2.17. The Balaban J connectivity index is 2.74. The van der Waals surface area contributed by atoms with Crippen molar-refractivity contribution in [3.05, 3.63) is 35.4 Å². The molecule has 1 aromatic rings. The molecule has 1 rings (SSSR count). The van der Waals surface area contributed by atoms with Crippen LogP contribution < -0.4 is 0 Å². The van der Waals surface area contributed by atoms with Gasteiger partial charge in [-0.3, -0.25) is 4.90 Å². The highest BCUT2D eigenvalue weighted by atomic mass is 16.2. The first-order valence-electron chi connectivity index (χ1n) is 7.23. The van der Waals surface area contributed by atoms with Gasteiger partial charge in [0.25, 0.3) is 0 Å². The minimum Gasteiger partial charge on any atom is -0.395 e. The maximum absolute atomic E-state index is 8.75. The van der Waals surface area contributed by atoms with E-state index in [2.05, 4.69) is 63.6 Å². The first-order valence-corrected chi connectivity index (χ1v) is 7.23. The molecule has 0 saturated carbocycles. The van der Waals surface area contributed by atoms with Crippen LogP contribution >= 0.6 is 0 Å². The second-order valence-electron chi connectivity index (χ2n) is 6.43. The van der Waals surface area contributed by atoms with Gasteiger partial charge in [0.2, 0.25) is 0 Å². The van der Waals surface area contributed by atoms with Crippen molar-refractivity contribution < 1.29 is 5.11 Å². The van der Waals surface area contributed by atoms with Gasteiger partial charge in [-0.15, -0.1) is 0 Å². The normalized spacial score (nSPS) is 12.9. The van der Waals surface area contributed by atoms with E-state index < -0.39 is 0 Å². The zero-order valence-corrected chi connectivity index (χ0v) is 13.4. The van der Waals surface area contributed by atoms with Crippen molar-refractivity contribution in [3.8, 4) is 11.8 Å². The summed E-state index contributed by atoms with van der Waals surface area (Å²) in [6.45, 7) is 10.1. The summed E-state index contributed by atoms with van der Waals surface area (Å²) in [5.74, 6) is 6.06. The average Bonchev–Trinajstić information content (AvgIpc) is 2.37. The first kappa shape index (κ1) is 16.8. The van der Waals surface area contributed by atoms with Gasteiger partial charge >= 0.3 is 0 Å². The molecule has 0 heterocycles. The lowest BCUT2D eigenvalue weighted by molar-refractivity contribution is 0.134. The van der Waals surface area contributed by atoms with Crippen LogP contribution in [0.1, 0.15) is 45.2 Å². The fourth-order valence-electron chi connectivity index (χ4n) is 2.05. The second-order valence-corrected chi connectivity index (χ2v) is 6.43. The van der Waals surface area contributed by atoms with Crippen molar-refractivity contribution in [2.24, 2.45) is 5.41 Å². The Morgan fingerprint density at radius 1 is 1.30 bits per heavy atom. The molecule has 0 spiro atoms. The van der Waals surface area contributed by atoms with E-state index in [1.54, 1.807) is 0 Å². The topological polar surface area (TPSA) is 23.5 Å². The Hall–Kier alpha value is -1.30. The SMILES string of the molecule is CC(N(C)Cc1cccc(C#CCCO)c1)C(C)(C)C. The summed E-state index contributed by atoms with van der Waals surface area (Å²) in [6, 6.07) is 8.85. The van der Waals surface area contributed by atoms with E-state index in [4.69, 9.17) is 5.11 Å². The lowest BCUT2D eigenvalue weighted by Crippen LogP contribution is -2.38. The van der Waals surface area contributed by atoms with E-state index in [0.29, 0.717) is 12.5 Å². The monoisotopic (exact) mass is 273 g/mol. The third kappa shape index (κ3) is 5.36. The smallest absolute Gasteiger partial charge is 0.0540 e. The van der Waals surface area contributed by atoms with E-state index in [9.17, 15) is 0 Å². The molecule has 2 nitrogen and oxygen atoms in total. The van der Waals surface area contributed by atoms with Crippen LogP contribution in [0.3, 0.4) is 0 Å². The maximum atomic E-state index is 8.75. The molecular formula is C18H27NO. The fourth-order valence-corrected chi connectivity index (χ4v) is 2.05. The predicted octanol–water partition coefficient (Wildman–Crippen LogP) is 3.29. The highest BCUT2D eigenvalue weighted by Gasteiger charge is 2.23. The van der Waals surface area contributed by atoms with Gasteiger partial charge in [-0.25, -0.2) is 0 Å². The molecule has 2 heteroatoms. The standard InChI is InChI=1S/C18H27NO/c1-15(18(2,3)4)19(5)14-17-11-8-10-16(13-17)9-6-7-12-20/h8,10-11,13,15,20H,7,12,14H2,1-5H3. The third-order valence-corrected chi connectivity index (χ3v) is 3.74. The van der Waals surface area contributed by atoms with E-state index in [1.165, 1.54) is 5.56 Å². The summed E-state index contributed by atoms with van der Waals surface area (Å²) in [5, 5.41) is 8.75. The maximum Gasteiger partial charge on any atom is 0.0540 e. The molecule has 1 N–H and O–H groups in total. The molecule has 0 aromatic heterocycles. The summed E-state index contributed by atoms with van der Waals surface area (Å²) < 4.78 is 0. The number of benzene rings is 1. The molecule has 110 valence electrons. The average molecular weight is 273 g/mol. The van der Waals surface area contributed by atoms with E-state index >= 15 is 0 Å². The summed E-state index contributed by atoms with van der Waals surface area (Å²) in [4.78, 5) is 2.38. The van der Waals surface area contributed by atoms with Crippen molar-refractivity contribution in [1.82, 2.24) is 4.90 Å². The molecule has 0 aliphatic rings.